The van der Waals surface area contributed by atoms with Crippen molar-refractivity contribution < 1.29 is 4.79 Å². The number of carbonyl (C=O) groups is 1. The van der Waals surface area contributed by atoms with E-state index in [9.17, 15) is 4.79 Å². The molecule has 1 atom stereocenters. The van der Waals surface area contributed by atoms with Gasteiger partial charge in [0.2, 0.25) is 0 Å². The van der Waals surface area contributed by atoms with Gasteiger partial charge in [-0.2, -0.15) is 5.10 Å². The molecule has 1 N–H and O–H groups in total. The Morgan fingerprint density at radius 2 is 2.30 bits per heavy atom. The van der Waals surface area contributed by atoms with Crippen LogP contribution >= 0.6 is 11.3 Å². The first-order valence-electron chi connectivity index (χ1n) is 6.90. The van der Waals surface area contributed by atoms with E-state index in [0.717, 1.165) is 42.2 Å². The molecule has 2 aromatic rings. The van der Waals surface area contributed by atoms with Crippen LogP contribution in [-0.2, 0) is 0 Å². The molecule has 1 saturated heterocycles. The van der Waals surface area contributed by atoms with Crippen LogP contribution in [0.1, 0.15) is 52.2 Å². The number of aryl methyl sites for hydroxylation is 2. The van der Waals surface area contributed by atoms with E-state index < -0.39 is 0 Å². The zero-order chi connectivity index (χ0) is 14.1. The first-order chi connectivity index (χ1) is 9.65. The number of thiazole rings is 1. The van der Waals surface area contributed by atoms with Crippen LogP contribution in [0.5, 0.6) is 0 Å². The standard InChI is InChI=1S/C14H18N4OS/c1-9-7-11(17-16-9)14(19)18-6-4-3-5-12(18)13-15-10(2)8-20-13/h7-8,12H,3-6H2,1-2H3,(H,16,17). The van der Waals surface area contributed by atoms with Crippen molar-refractivity contribution in [1.82, 2.24) is 20.1 Å². The molecule has 2 aromatic heterocycles. The molecule has 1 aliphatic rings. The van der Waals surface area contributed by atoms with E-state index in [1.165, 1.54) is 0 Å². The summed E-state index contributed by atoms with van der Waals surface area (Å²) in [7, 11) is 0. The third-order valence-corrected chi connectivity index (χ3v) is 4.67. The second-order valence-corrected chi connectivity index (χ2v) is 6.16. The van der Waals surface area contributed by atoms with E-state index in [2.05, 4.69) is 15.2 Å². The van der Waals surface area contributed by atoms with E-state index in [1.807, 2.05) is 24.1 Å². The maximum absolute atomic E-state index is 12.6. The van der Waals surface area contributed by atoms with Gasteiger partial charge >= 0.3 is 0 Å². The van der Waals surface area contributed by atoms with Gasteiger partial charge in [0, 0.05) is 23.3 Å². The Labute approximate surface area is 122 Å². The lowest BCUT2D eigenvalue weighted by Crippen LogP contribution is -2.38. The maximum Gasteiger partial charge on any atom is 0.274 e. The van der Waals surface area contributed by atoms with Crippen molar-refractivity contribution in [2.75, 3.05) is 6.54 Å². The second kappa shape index (κ2) is 5.36. The van der Waals surface area contributed by atoms with Crippen LogP contribution in [0.4, 0.5) is 0 Å². The van der Waals surface area contributed by atoms with Gasteiger partial charge in [0.1, 0.15) is 10.7 Å². The molecule has 1 amide bonds. The minimum absolute atomic E-state index is 0.00639. The number of aromatic nitrogens is 3. The summed E-state index contributed by atoms with van der Waals surface area (Å²) < 4.78 is 0. The number of piperidine rings is 1. The van der Waals surface area contributed by atoms with Crippen LogP contribution in [0, 0.1) is 13.8 Å². The summed E-state index contributed by atoms with van der Waals surface area (Å²) >= 11 is 1.64. The first kappa shape index (κ1) is 13.3. The Hall–Kier alpha value is -1.69. The molecule has 0 bridgehead atoms. The first-order valence-corrected chi connectivity index (χ1v) is 7.78. The highest BCUT2D eigenvalue weighted by Crippen LogP contribution is 2.33. The number of H-pyrrole nitrogens is 1. The van der Waals surface area contributed by atoms with Crippen molar-refractivity contribution in [3.63, 3.8) is 0 Å². The molecule has 3 rings (SSSR count). The Morgan fingerprint density at radius 1 is 1.45 bits per heavy atom. The SMILES string of the molecule is Cc1csc(C2CCCCN2C(=O)c2cc(C)[nH]n2)n1. The number of amides is 1. The lowest BCUT2D eigenvalue weighted by Gasteiger charge is -2.34. The van der Waals surface area contributed by atoms with Crippen LogP contribution in [0.15, 0.2) is 11.4 Å². The average Bonchev–Trinajstić information content (AvgIpc) is 3.07. The zero-order valence-electron chi connectivity index (χ0n) is 11.7. The quantitative estimate of drug-likeness (QED) is 0.925. The van der Waals surface area contributed by atoms with Crippen molar-refractivity contribution in [3.05, 3.63) is 33.5 Å². The number of carbonyl (C=O) groups excluding carboxylic acids is 1. The molecule has 1 aliphatic heterocycles. The minimum atomic E-state index is 0.00639. The molecule has 1 unspecified atom stereocenters. The predicted molar refractivity (Wildman–Crippen MR) is 77.8 cm³/mol. The summed E-state index contributed by atoms with van der Waals surface area (Å²) in [4.78, 5) is 19.1. The lowest BCUT2D eigenvalue weighted by molar-refractivity contribution is 0.0605. The van der Waals surface area contributed by atoms with Crippen LogP contribution < -0.4 is 0 Å². The van der Waals surface area contributed by atoms with Gasteiger partial charge in [-0.1, -0.05) is 0 Å². The molecule has 20 heavy (non-hydrogen) atoms. The average molecular weight is 290 g/mol. The number of rotatable bonds is 2. The fraction of sp³-hybridized carbons (Fsp3) is 0.500. The predicted octanol–water partition coefficient (Wildman–Crippen LogP) is 2.85. The Morgan fingerprint density at radius 3 is 2.95 bits per heavy atom. The molecule has 1 fully saturated rings. The molecule has 3 heterocycles. The highest BCUT2D eigenvalue weighted by molar-refractivity contribution is 7.09. The highest BCUT2D eigenvalue weighted by atomic mass is 32.1. The van der Waals surface area contributed by atoms with Crippen LogP contribution in [0.2, 0.25) is 0 Å². The fourth-order valence-corrected chi connectivity index (χ4v) is 3.57. The zero-order valence-corrected chi connectivity index (χ0v) is 12.5. The number of hydrogen-bond acceptors (Lipinski definition) is 4. The summed E-state index contributed by atoms with van der Waals surface area (Å²) in [6, 6.07) is 1.91. The van der Waals surface area contributed by atoms with Crippen molar-refractivity contribution in [1.29, 1.82) is 0 Å². The molecule has 0 saturated carbocycles. The van der Waals surface area contributed by atoms with E-state index in [-0.39, 0.29) is 11.9 Å². The largest absolute Gasteiger partial charge is 0.328 e. The number of nitrogens with one attached hydrogen (secondary N) is 1. The molecule has 106 valence electrons. The van der Waals surface area contributed by atoms with Gasteiger partial charge < -0.3 is 4.90 Å². The third-order valence-electron chi connectivity index (χ3n) is 3.61. The molecule has 0 aromatic carbocycles. The van der Waals surface area contributed by atoms with Crippen molar-refractivity contribution >= 4 is 17.2 Å². The number of likely N-dealkylation sites (tertiary alicyclic amines) is 1. The lowest BCUT2D eigenvalue weighted by atomic mass is 10.0. The molecular weight excluding hydrogens is 272 g/mol. The smallest absolute Gasteiger partial charge is 0.274 e. The molecule has 6 heteroatoms. The summed E-state index contributed by atoms with van der Waals surface area (Å²) in [6.07, 6.45) is 3.19. The van der Waals surface area contributed by atoms with Crippen molar-refractivity contribution in [3.8, 4) is 0 Å². The monoisotopic (exact) mass is 290 g/mol. The third kappa shape index (κ3) is 2.47. The Balaban J connectivity index is 1.87. The molecule has 0 aliphatic carbocycles. The van der Waals surface area contributed by atoms with Gasteiger partial charge in [0.15, 0.2) is 0 Å². The minimum Gasteiger partial charge on any atom is -0.328 e. The van der Waals surface area contributed by atoms with Crippen LogP contribution in [0.25, 0.3) is 0 Å². The van der Waals surface area contributed by atoms with Gasteiger partial charge in [-0.3, -0.25) is 9.89 Å². The van der Waals surface area contributed by atoms with Crippen LogP contribution in [0.3, 0.4) is 0 Å². The summed E-state index contributed by atoms with van der Waals surface area (Å²) in [5.74, 6) is 0.00639. The number of aromatic amines is 1. The highest BCUT2D eigenvalue weighted by Gasteiger charge is 2.31. The Bertz CT molecular complexity index is 618. The number of hydrogen-bond donors (Lipinski definition) is 1. The molecule has 0 spiro atoms. The van der Waals surface area contributed by atoms with Gasteiger partial charge in [-0.15, -0.1) is 11.3 Å². The normalized spacial score (nSPS) is 19.3. The van der Waals surface area contributed by atoms with E-state index >= 15 is 0 Å². The van der Waals surface area contributed by atoms with Gasteiger partial charge in [0.25, 0.3) is 5.91 Å². The fourth-order valence-electron chi connectivity index (χ4n) is 2.63. The molecule has 0 radical (unpaired) electrons. The second-order valence-electron chi connectivity index (χ2n) is 5.27. The summed E-state index contributed by atoms with van der Waals surface area (Å²) in [5.41, 5.74) is 2.44. The van der Waals surface area contributed by atoms with Crippen molar-refractivity contribution in [2.45, 2.75) is 39.2 Å². The summed E-state index contributed by atoms with van der Waals surface area (Å²) in [5, 5.41) is 10.0. The molecular formula is C14H18N4OS. The maximum atomic E-state index is 12.6. The van der Waals surface area contributed by atoms with Crippen LogP contribution in [-0.4, -0.2) is 32.5 Å². The van der Waals surface area contributed by atoms with Gasteiger partial charge in [-0.25, -0.2) is 4.98 Å². The van der Waals surface area contributed by atoms with Gasteiger partial charge in [0.05, 0.1) is 6.04 Å². The van der Waals surface area contributed by atoms with E-state index in [4.69, 9.17) is 0 Å². The number of nitrogens with zero attached hydrogens (tertiary/aromatic N) is 3. The Kier molecular flexibility index (Phi) is 3.56. The topological polar surface area (TPSA) is 61.9 Å². The summed E-state index contributed by atoms with van der Waals surface area (Å²) in [6.45, 7) is 4.68. The van der Waals surface area contributed by atoms with E-state index in [1.54, 1.807) is 17.4 Å². The van der Waals surface area contributed by atoms with Gasteiger partial charge in [-0.05, 0) is 39.2 Å². The van der Waals surface area contributed by atoms with Crippen molar-refractivity contribution in [2.24, 2.45) is 0 Å². The van der Waals surface area contributed by atoms with E-state index in [0.29, 0.717) is 5.69 Å². The molecule has 5 nitrogen and oxygen atoms in total.